The fourth-order valence-electron chi connectivity index (χ4n) is 3.74. The van der Waals surface area contributed by atoms with E-state index in [0.717, 1.165) is 5.92 Å². The Morgan fingerprint density at radius 3 is 2.25 bits per heavy atom. The molecule has 3 unspecified atom stereocenters. The van der Waals surface area contributed by atoms with E-state index in [0.29, 0.717) is 11.8 Å². The molecule has 0 aromatic heterocycles. The SMILES string of the molecule is Cc1ccc(CC2c3ccccc3C(C)CC2C)cc1. The van der Waals surface area contributed by atoms with Crippen molar-refractivity contribution in [2.24, 2.45) is 5.92 Å². The van der Waals surface area contributed by atoms with Gasteiger partial charge in [0.25, 0.3) is 0 Å². The van der Waals surface area contributed by atoms with Crippen molar-refractivity contribution in [3.05, 3.63) is 70.8 Å². The summed E-state index contributed by atoms with van der Waals surface area (Å²) in [6, 6.07) is 18.1. The second-order valence-electron chi connectivity index (χ2n) is 6.54. The third-order valence-corrected chi connectivity index (χ3v) is 4.91. The third kappa shape index (κ3) is 2.52. The first-order valence-electron chi connectivity index (χ1n) is 7.79. The van der Waals surface area contributed by atoms with E-state index in [9.17, 15) is 0 Å². The molecule has 3 rings (SSSR count). The number of benzene rings is 2. The van der Waals surface area contributed by atoms with Crippen molar-refractivity contribution in [2.45, 2.75) is 45.4 Å². The molecule has 1 aliphatic carbocycles. The zero-order chi connectivity index (χ0) is 14.1. The molecule has 0 bridgehead atoms. The monoisotopic (exact) mass is 264 g/mol. The van der Waals surface area contributed by atoms with Crippen molar-refractivity contribution < 1.29 is 0 Å². The average Bonchev–Trinajstić information content (AvgIpc) is 2.45. The highest BCUT2D eigenvalue weighted by molar-refractivity contribution is 5.37. The fourth-order valence-corrected chi connectivity index (χ4v) is 3.74. The first-order valence-corrected chi connectivity index (χ1v) is 7.79. The molecule has 2 aromatic carbocycles. The summed E-state index contributed by atoms with van der Waals surface area (Å²) in [5, 5.41) is 0. The van der Waals surface area contributed by atoms with Crippen molar-refractivity contribution in [3.8, 4) is 0 Å². The minimum absolute atomic E-state index is 0.671. The van der Waals surface area contributed by atoms with E-state index in [1.807, 2.05) is 0 Å². The Hall–Kier alpha value is -1.56. The smallest absolute Gasteiger partial charge is 0.00927 e. The van der Waals surface area contributed by atoms with Gasteiger partial charge in [-0.15, -0.1) is 0 Å². The summed E-state index contributed by atoms with van der Waals surface area (Å²) in [6.07, 6.45) is 2.48. The molecule has 0 nitrogen and oxygen atoms in total. The third-order valence-electron chi connectivity index (χ3n) is 4.91. The van der Waals surface area contributed by atoms with Crippen LogP contribution in [0.4, 0.5) is 0 Å². The normalized spacial score (nSPS) is 25.2. The molecular weight excluding hydrogens is 240 g/mol. The number of hydrogen-bond acceptors (Lipinski definition) is 0. The number of fused-ring (bicyclic) bond motifs is 1. The van der Waals surface area contributed by atoms with Crippen LogP contribution in [0.25, 0.3) is 0 Å². The Labute approximate surface area is 122 Å². The Morgan fingerprint density at radius 2 is 1.55 bits per heavy atom. The highest BCUT2D eigenvalue weighted by atomic mass is 14.3. The summed E-state index contributed by atoms with van der Waals surface area (Å²) in [4.78, 5) is 0. The summed E-state index contributed by atoms with van der Waals surface area (Å²) in [7, 11) is 0. The van der Waals surface area contributed by atoms with Crippen LogP contribution in [0.5, 0.6) is 0 Å². The van der Waals surface area contributed by atoms with E-state index in [-0.39, 0.29) is 0 Å². The summed E-state index contributed by atoms with van der Waals surface area (Å²) in [5.41, 5.74) is 5.97. The van der Waals surface area contributed by atoms with E-state index in [1.54, 1.807) is 11.1 Å². The van der Waals surface area contributed by atoms with Crippen molar-refractivity contribution in [1.29, 1.82) is 0 Å². The molecule has 3 atom stereocenters. The predicted molar refractivity (Wildman–Crippen MR) is 86.3 cm³/mol. The van der Waals surface area contributed by atoms with Gasteiger partial charge in [0.2, 0.25) is 0 Å². The average molecular weight is 264 g/mol. The second-order valence-corrected chi connectivity index (χ2v) is 6.54. The molecule has 0 amide bonds. The van der Waals surface area contributed by atoms with E-state index in [2.05, 4.69) is 69.3 Å². The maximum Gasteiger partial charge on any atom is -0.00927 e. The van der Waals surface area contributed by atoms with Crippen LogP contribution in [0, 0.1) is 12.8 Å². The standard InChI is InChI=1S/C20H24/c1-14-8-10-17(11-9-14)13-20-16(3)12-15(2)18-6-4-5-7-19(18)20/h4-11,15-16,20H,12-13H2,1-3H3. The molecule has 20 heavy (non-hydrogen) atoms. The zero-order valence-electron chi connectivity index (χ0n) is 12.8. The van der Waals surface area contributed by atoms with Gasteiger partial charge in [-0.1, -0.05) is 67.9 Å². The first-order chi connectivity index (χ1) is 9.65. The summed E-state index contributed by atoms with van der Waals surface area (Å²) in [5.74, 6) is 2.14. The highest BCUT2D eigenvalue weighted by Gasteiger charge is 2.30. The largest absolute Gasteiger partial charge is 0.0620 e. The van der Waals surface area contributed by atoms with Gasteiger partial charge in [-0.25, -0.2) is 0 Å². The second kappa shape index (κ2) is 5.44. The lowest BCUT2D eigenvalue weighted by Gasteiger charge is -2.35. The minimum Gasteiger partial charge on any atom is -0.0620 e. The molecule has 0 heteroatoms. The van der Waals surface area contributed by atoms with Gasteiger partial charge in [-0.2, -0.15) is 0 Å². The van der Waals surface area contributed by atoms with Crippen LogP contribution in [0.15, 0.2) is 48.5 Å². The van der Waals surface area contributed by atoms with E-state index in [4.69, 9.17) is 0 Å². The van der Waals surface area contributed by atoms with Crippen molar-refractivity contribution in [3.63, 3.8) is 0 Å². The number of hydrogen-bond donors (Lipinski definition) is 0. The number of rotatable bonds is 2. The Kier molecular flexibility index (Phi) is 3.65. The summed E-state index contributed by atoms with van der Waals surface area (Å²) < 4.78 is 0. The molecular formula is C20H24. The molecule has 0 saturated carbocycles. The van der Waals surface area contributed by atoms with Gasteiger partial charge >= 0.3 is 0 Å². The van der Waals surface area contributed by atoms with Crippen molar-refractivity contribution >= 4 is 0 Å². The molecule has 0 fully saturated rings. The summed E-state index contributed by atoms with van der Waals surface area (Å²) in [6.45, 7) is 6.95. The Morgan fingerprint density at radius 1 is 0.900 bits per heavy atom. The fraction of sp³-hybridized carbons (Fsp3) is 0.400. The molecule has 2 aromatic rings. The van der Waals surface area contributed by atoms with Crippen LogP contribution in [0.1, 0.15) is 54.4 Å². The topological polar surface area (TPSA) is 0 Å². The quantitative estimate of drug-likeness (QED) is 0.675. The van der Waals surface area contributed by atoms with Crippen LogP contribution in [0.3, 0.4) is 0 Å². The van der Waals surface area contributed by atoms with Crippen molar-refractivity contribution in [1.82, 2.24) is 0 Å². The first kappa shape index (κ1) is 13.4. The van der Waals surface area contributed by atoms with Crippen LogP contribution in [-0.2, 0) is 6.42 Å². The van der Waals surface area contributed by atoms with Gasteiger partial charge in [-0.3, -0.25) is 0 Å². The molecule has 1 aliphatic rings. The lowest BCUT2D eigenvalue weighted by atomic mass is 9.69. The lowest BCUT2D eigenvalue weighted by molar-refractivity contribution is 0.368. The van der Waals surface area contributed by atoms with E-state index < -0.39 is 0 Å². The van der Waals surface area contributed by atoms with E-state index in [1.165, 1.54) is 24.0 Å². The van der Waals surface area contributed by atoms with Crippen molar-refractivity contribution in [2.75, 3.05) is 0 Å². The highest BCUT2D eigenvalue weighted by Crippen LogP contribution is 2.43. The maximum atomic E-state index is 2.42. The molecule has 0 spiro atoms. The molecule has 0 radical (unpaired) electrons. The van der Waals surface area contributed by atoms with Crippen LogP contribution in [0.2, 0.25) is 0 Å². The molecule has 0 aliphatic heterocycles. The van der Waals surface area contributed by atoms with Gasteiger partial charge in [0.1, 0.15) is 0 Å². The zero-order valence-corrected chi connectivity index (χ0v) is 12.8. The van der Waals surface area contributed by atoms with E-state index >= 15 is 0 Å². The van der Waals surface area contributed by atoms with Gasteiger partial charge in [0.05, 0.1) is 0 Å². The van der Waals surface area contributed by atoms with Gasteiger partial charge in [0.15, 0.2) is 0 Å². The van der Waals surface area contributed by atoms with Gasteiger partial charge < -0.3 is 0 Å². The number of aryl methyl sites for hydroxylation is 1. The Balaban J connectivity index is 1.92. The molecule has 104 valence electrons. The van der Waals surface area contributed by atoms with Crippen LogP contribution in [-0.4, -0.2) is 0 Å². The molecule has 0 saturated heterocycles. The Bertz CT molecular complexity index is 579. The minimum atomic E-state index is 0.671. The molecule has 0 N–H and O–H groups in total. The van der Waals surface area contributed by atoms with Gasteiger partial charge in [-0.05, 0) is 54.2 Å². The maximum absolute atomic E-state index is 2.42. The predicted octanol–water partition coefficient (Wildman–Crippen LogP) is 5.46. The lowest BCUT2D eigenvalue weighted by Crippen LogP contribution is -2.22. The summed E-state index contributed by atoms with van der Waals surface area (Å²) >= 11 is 0. The molecule has 0 heterocycles. The van der Waals surface area contributed by atoms with Crippen LogP contribution < -0.4 is 0 Å². The van der Waals surface area contributed by atoms with Gasteiger partial charge in [0, 0.05) is 0 Å². The van der Waals surface area contributed by atoms with Crippen LogP contribution >= 0.6 is 0 Å².